The van der Waals surface area contributed by atoms with Crippen molar-refractivity contribution in [3.05, 3.63) is 11.1 Å². The van der Waals surface area contributed by atoms with Crippen LogP contribution in [-0.2, 0) is 38.3 Å². The van der Waals surface area contributed by atoms with Crippen LogP contribution in [0.5, 0.6) is 0 Å². The molecule has 0 N–H and O–H groups in total. The van der Waals surface area contributed by atoms with Gasteiger partial charge in [0, 0.05) is 54.1 Å². The quantitative estimate of drug-likeness (QED) is 0.338. The molecule has 0 aromatic carbocycles. The summed E-state index contributed by atoms with van der Waals surface area (Å²) in [5.41, 5.74) is -4.40. The maximum Gasteiger partial charge on any atom is 0.309 e. The molecular formula is C32H42O8. The number of esters is 1. The first kappa shape index (κ1) is 30.2. The number of ether oxygens (including phenoxy) is 1. The van der Waals surface area contributed by atoms with E-state index in [0.717, 1.165) is 0 Å². The molecule has 40 heavy (non-hydrogen) atoms. The molecule has 0 aromatic heterocycles. The topological polar surface area (TPSA) is 129 Å². The lowest BCUT2D eigenvalue weighted by Gasteiger charge is -2.57. The molecule has 0 heterocycles. The SMILES string of the molecule is CCOC(=O)C(C)CC(=O)C[C@@H](C)[C@H]1CC(=O)[C@@]2(C)C3=C(C(=O)C(=O)[C@]12C)[C@@]1(C)CCC(=O)C(C)(C)[C@@H]1CC3=O. The van der Waals surface area contributed by atoms with E-state index in [2.05, 4.69) is 0 Å². The number of ketones is 6. The standard InChI is InChI=1S/C32H42O8/c1-9-40-28(39)17(3)13-18(33)12-16(2)19-14-23(36)32(8)24-20(34)15-21-29(4,5)22(35)10-11-30(21,6)25(24)26(37)27(38)31(19,32)7/h16-17,19,21H,9-15H2,1-8H3/t16-,17?,19-,21+,30+,31+,32+/m1/s1. The highest BCUT2D eigenvalue weighted by atomic mass is 16.5. The Morgan fingerprint density at radius 1 is 0.900 bits per heavy atom. The van der Waals surface area contributed by atoms with Crippen LogP contribution in [0.2, 0.25) is 0 Å². The largest absolute Gasteiger partial charge is 0.466 e. The average molecular weight is 555 g/mol. The molecule has 4 aliphatic rings. The number of hydrogen-bond donors (Lipinski definition) is 0. The Morgan fingerprint density at radius 2 is 1.52 bits per heavy atom. The van der Waals surface area contributed by atoms with Gasteiger partial charge in [-0.3, -0.25) is 33.6 Å². The highest BCUT2D eigenvalue weighted by Crippen LogP contribution is 2.68. The average Bonchev–Trinajstić information content (AvgIpc) is 3.08. The van der Waals surface area contributed by atoms with Crippen molar-refractivity contribution in [2.45, 2.75) is 93.9 Å². The molecule has 4 rings (SSSR count). The van der Waals surface area contributed by atoms with Gasteiger partial charge in [0.2, 0.25) is 11.6 Å². The zero-order valence-electron chi connectivity index (χ0n) is 25.0. The molecule has 0 amide bonds. The first-order valence-electron chi connectivity index (χ1n) is 14.5. The molecule has 2 saturated carbocycles. The van der Waals surface area contributed by atoms with Crippen molar-refractivity contribution < 1.29 is 38.3 Å². The third kappa shape index (κ3) is 3.87. The van der Waals surface area contributed by atoms with Crippen molar-refractivity contribution in [2.24, 2.45) is 45.3 Å². The summed E-state index contributed by atoms with van der Waals surface area (Å²) < 4.78 is 5.00. The van der Waals surface area contributed by atoms with Crippen LogP contribution in [0, 0.1) is 45.3 Å². The fourth-order valence-electron chi connectivity index (χ4n) is 8.73. The number of carbonyl (C=O) groups excluding carboxylic acids is 7. The Labute approximate surface area is 236 Å². The molecule has 218 valence electrons. The Morgan fingerprint density at radius 3 is 2.12 bits per heavy atom. The van der Waals surface area contributed by atoms with Gasteiger partial charge in [0.15, 0.2) is 5.78 Å². The van der Waals surface area contributed by atoms with E-state index in [1.165, 1.54) is 0 Å². The highest BCUT2D eigenvalue weighted by Gasteiger charge is 2.74. The molecule has 0 aliphatic heterocycles. The molecule has 0 radical (unpaired) electrons. The second-order valence-electron chi connectivity index (χ2n) is 13.8. The van der Waals surface area contributed by atoms with Crippen molar-refractivity contribution >= 4 is 40.7 Å². The van der Waals surface area contributed by atoms with Gasteiger partial charge in [-0.2, -0.15) is 0 Å². The first-order valence-corrected chi connectivity index (χ1v) is 14.5. The number of hydrogen-bond acceptors (Lipinski definition) is 8. The van der Waals surface area contributed by atoms with E-state index in [1.807, 2.05) is 6.92 Å². The summed E-state index contributed by atoms with van der Waals surface area (Å²) in [7, 11) is 0. The Hall–Kier alpha value is -2.77. The maximum atomic E-state index is 14.2. The van der Waals surface area contributed by atoms with Crippen molar-refractivity contribution in [1.82, 2.24) is 0 Å². The Balaban J connectivity index is 1.74. The van der Waals surface area contributed by atoms with Crippen molar-refractivity contribution in [1.29, 1.82) is 0 Å². The monoisotopic (exact) mass is 554 g/mol. The van der Waals surface area contributed by atoms with Gasteiger partial charge in [0.05, 0.1) is 23.4 Å². The lowest BCUT2D eigenvalue weighted by Crippen LogP contribution is -2.62. The summed E-state index contributed by atoms with van der Waals surface area (Å²) >= 11 is 0. The summed E-state index contributed by atoms with van der Waals surface area (Å²) in [4.78, 5) is 93.8. The van der Waals surface area contributed by atoms with Crippen LogP contribution in [0.15, 0.2) is 11.1 Å². The number of Topliss-reactive ketones (excluding diaryl/α,β-unsaturated/α-hetero) is 6. The van der Waals surface area contributed by atoms with E-state index >= 15 is 0 Å². The second-order valence-corrected chi connectivity index (χ2v) is 13.8. The lowest BCUT2D eigenvalue weighted by molar-refractivity contribution is -0.156. The van der Waals surface area contributed by atoms with E-state index in [-0.39, 0.29) is 73.0 Å². The van der Waals surface area contributed by atoms with E-state index in [0.29, 0.717) is 6.42 Å². The molecule has 0 aromatic rings. The number of allylic oxidation sites excluding steroid dienone is 2. The number of fused-ring (bicyclic) bond motifs is 4. The van der Waals surface area contributed by atoms with Gasteiger partial charge in [0.25, 0.3) is 0 Å². The smallest absolute Gasteiger partial charge is 0.309 e. The van der Waals surface area contributed by atoms with Gasteiger partial charge < -0.3 is 4.74 Å². The van der Waals surface area contributed by atoms with Crippen LogP contribution >= 0.6 is 0 Å². The van der Waals surface area contributed by atoms with Gasteiger partial charge in [-0.15, -0.1) is 0 Å². The third-order valence-electron chi connectivity index (χ3n) is 11.3. The van der Waals surface area contributed by atoms with Crippen molar-refractivity contribution in [2.75, 3.05) is 6.61 Å². The van der Waals surface area contributed by atoms with E-state index in [9.17, 15) is 33.6 Å². The molecular weight excluding hydrogens is 512 g/mol. The number of rotatable bonds is 7. The minimum atomic E-state index is -1.50. The van der Waals surface area contributed by atoms with E-state index < -0.39 is 62.9 Å². The van der Waals surface area contributed by atoms with Gasteiger partial charge >= 0.3 is 5.97 Å². The second kappa shape index (κ2) is 9.66. The maximum absolute atomic E-state index is 14.2. The van der Waals surface area contributed by atoms with Gasteiger partial charge in [0.1, 0.15) is 17.3 Å². The fourth-order valence-corrected chi connectivity index (χ4v) is 8.73. The fraction of sp³-hybridized carbons (Fsp3) is 0.719. The zero-order chi connectivity index (χ0) is 30.2. The minimum Gasteiger partial charge on any atom is -0.466 e. The summed E-state index contributed by atoms with van der Waals surface area (Å²) in [6, 6.07) is 0. The lowest BCUT2D eigenvalue weighted by atomic mass is 9.42. The zero-order valence-corrected chi connectivity index (χ0v) is 25.0. The molecule has 7 atom stereocenters. The van der Waals surface area contributed by atoms with Crippen LogP contribution < -0.4 is 0 Å². The van der Waals surface area contributed by atoms with Crippen molar-refractivity contribution in [3.8, 4) is 0 Å². The summed E-state index contributed by atoms with van der Waals surface area (Å²) in [5, 5.41) is 0. The van der Waals surface area contributed by atoms with Crippen LogP contribution in [0.4, 0.5) is 0 Å². The van der Waals surface area contributed by atoms with E-state index in [1.54, 1.807) is 48.5 Å². The van der Waals surface area contributed by atoms with E-state index in [4.69, 9.17) is 4.74 Å². The number of carbonyl (C=O) groups is 7. The summed E-state index contributed by atoms with van der Waals surface area (Å²) in [6.45, 7) is 14.0. The Bertz CT molecular complexity index is 1270. The molecule has 0 spiro atoms. The highest BCUT2D eigenvalue weighted by molar-refractivity contribution is 6.49. The molecule has 8 heteroatoms. The van der Waals surface area contributed by atoms with Crippen LogP contribution in [0.3, 0.4) is 0 Å². The molecule has 4 aliphatic carbocycles. The first-order chi connectivity index (χ1) is 18.4. The van der Waals surface area contributed by atoms with Crippen LogP contribution in [0.1, 0.15) is 93.9 Å². The Kier molecular flexibility index (Phi) is 7.29. The summed E-state index contributed by atoms with van der Waals surface area (Å²) in [6.07, 6.45) is 0.609. The van der Waals surface area contributed by atoms with Crippen LogP contribution in [0.25, 0.3) is 0 Å². The summed E-state index contributed by atoms with van der Waals surface area (Å²) in [5.74, 6) is -4.76. The molecule has 2 fully saturated rings. The molecule has 8 nitrogen and oxygen atoms in total. The van der Waals surface area contributed by atoms with Gasteiger partial charge in [-0.1, -0.05) is 41.5 Å². The normalized spacial score (nSPS) is 36.5. The van der Waals surface area contributed by atoms with Gasteiger partial charge in [-0.05, 0) is 38.0 Å². The predicted octanol–water partition coefficient (Wildman–Crippen LogP) is 4.21. The third-order valence-corrected chi connectivity index (χ3v) is 11.3. The molecule has 1 unspecified atom stereocenters. The van der Waals surface area contributed by atoms with Gasteiger partial charge in [-0.25, -0.2) is 0 Å². The van der Waals surface area contributed by atoms with Crippen LogP contribution in [-0.4, -0.2) is 47.3 Å². The minimum absolute atomic E-state index is 0.0211. The molecule has 0 bridgehead atoms. The van der Waals surface area contributed by atoms with Crippen molar-refractivity contribution in [3.63, 3.8) is 0 Å². The predicted molar refractivity (Wildman–Crippen MR) is 145 cm³/mol. The molecule has 0 saturated heterocycles.